The Morgan fingerprint density at radius 1 is 1.19 bits per heavy atom. The number of rotatable bonds is 6. The van der Waals surface area contributed by atoms with Crippen molar-refractivity contribution < 1.29 is 9.13 Å². The van der Waals surface area contributed by atoms with E-state index in [1.807, 2.05) is 30.3 Å². The summed E-state index contributed by atoms with van der Waals surface area (Å²) in [5.41, 5.74) is 2.76. The maximum absolute atomic E-state index is 13.6. The highest BCUT2D eigenvalue weighted by Crippen LogP contribution is 2.27. The van der Waals surface area contributed by atoms with Crippen molar-refractivity contribution in [3.05, 3.63) is 65.0 Å². The number of nitrogens with one attached hydrogen (secondary N) is 1. The molecule has 0 saturated heterocycles. The summed E-state index contributed by atoms with van der Waals surface area (Å²) < 4.78 is 19.0. The van der Waals surface area contributed by atoms with Gasteiger partial charge < -0.3 is 10.1 Å². The SMILES string of the molecule is CCC(NCc1ccc(C)c(F)c1)c1ccccc1OC. The minimum Gasteiger partial charge on any atom is -0.496 e. The van der Waals surface area contributed by atoms with Gasteiger partial charge in [0.25, 0.3) is 0 Å². The molecule has 0 aliphatic carbocycles. The molecular weight excluding hydrogens is 265 g/mol. The van der Waals surface area contributed by atoms with Crippen molar-refractivity contribution in [1.29, 1.82) is 0 Å². The molecule has 0 saturated carbocycles. The number of ether oxygens (including phenoxy) is 1. The van der Waals surface area contributed by atoms with Crippen LogP contribution in [0.25, 0.3) is 0 Å². The van der Waals surface area contributed by atoms with Crippen LogP contribution < -0.4 is 10.1 Å². The molecule has 112 valence electrons. The summed E-state index contributed by atoms with van der Waals surface area (Å²) in [5.74, 6) is 0.728. The number of halogens is 1. The van der Waals surface area contributed by atoms with Gasteiger partial charge in [0, 0.05) is 18.2 Å². The Kier molecular flexibility index (Phi) is 5.34. The van der Waals surface area contributed by atoms with E-state index in [0.717, 1.165) is 23.3 Å². The molecule has 0 heterocycles. The Bertz CT molecular complexity index is 598. The van der Waals surface area contributed by atoms with Crippen molar-refractivity contribution in [2.45, 2.75) is 32.9 Å². The Morgan fingerprint density at radius 2 is 1.95 bits per heavy atom. The van der Waals surface area contributed by atoms with Gasteiger partial charge in [0.15, 0.2) is 0 Å². The predicted molar refractivity (Wildman–Crippen MR) is 84.0 cm³/mol. The van der Waals surface area contributed by atoms with Crippen molar-refractivity contribution in [3.8, 4) is 5.75 Å². The molecule has 0 amide bonds. The van der Waals surface area contributed by atoms with Crippen LogP contribution in [0.4, 0.5) is 4.39 Å². The molecule has 21 heavy (non-hydrogen) atoms. The summed E-state index contributed by atoms with van der Waals surface area (Å²) in [6, 6.07) is 13.6. The lowest BCUT2D eigenvalue weighted by atomic mass is 10.0. The molecule has 2 aromatic rings. The Hall–Kier alpha value is -1.87. The molecular formula is C18H22FNO. The van der Waals surface area contributed by atoms with Gasteiger partial charge in [-0.25, -0.2) is 4.39 Å². The minimum atomic E-state index is -0.153. The van der Waals surface area contributed by atoms with Crippen LogP contribution in [0, 0.1) is 12.7 Å². The van der Waals surface area contributed by atoms with E-state index in [1.54, 1.807) is 20.1 Å². The number of para-hydroxylation sites is 1. The van der Waals surface area contributed by atoms with Gasteiger partial charge in [-0.05, 0) is 36.6 Å². The lowest BCUT2D eigenvalue weighted by molar-refractivity contribution is 0.396. The standard InChI is InChI=1S/C18H22FNO/c1-4-17(15-7-5-6-8-18(15)21-3)20-12-14-10-9-13(2)16(19)11-14/h5-11,17,20H,4,12H2,1-3H3. The van der Waals surface area contributed by atoms with Crippen molar-refractivity contribution in [3.63, 3.8) is 0 Å². The first kappa shape index (κ1) is 15.5. The zero-order valence-electron chi connectivity index (χ0n) is 12.8. The lowest BCUT2D eigenvalue weighted by Gasteiger charge is -2.20. The molecule has 0 aliphatic rings. The molecule has 0 spiro atoms. The number of hydrogen-bond donors (Lipinski definition) is 1. The normalized spacial score (nSPS) is 12.2. The van der Waals surface area contributed by atoms with Crippen LogP contribution in [-0.4, -0.2) is 7.11 Å². The van der Waals surface area contributed by atoms with Gasteiger partial charge in [0.1, 0.15) is 11.6 Å². The second-order valence-electron chi connectivity index (χ2n) is 5.17. The zero-order valence-corrected chi connectivity index (χ0v) is 12.8. The van der Waals surface area contributed by atoms with Crippen LogP contribution in [-0.2, 0) is 6.54 Å². The number of methoxy groups -OCH3 is 1. The molecule has 2 aromatic carbocycles. The molecule has 3 heteroatoms. The van der Waals surface area contributed by atoms with E-state index in [-0.39, 0.29) is 11.9 Å². The zero-order chi connectivity index (χ0) is 15.2. The average Bonchev–Trinajstić information content (AvgIpc) is 2.51. The largest absolute Gasteiger partial charge is 0.496 e. The van der Waals surface area contributed by atoms with Crippen molar-refractivity contribution in [2.75, 3.05) is 7.11 Å². The lowest BCUT2D eigenvalue weighted by Crippen LogP contribution is -2.21. The fourth-order valence-electron chi connectivity index (χ4n) is 2.42. The van der Waals surface area contributed by atoms with Crippen LogP contribution in [0.1, 0.15) is 36.1 Å². The molecule has 1 atom stereocenters. The van der Waals surface area contributed by atoms with Crippen LogP contribution in [0.15, 0.2) is 42.5 Å². The summed E-state index contributed by atoms with van der Waals surface area (Å²) in [5, 5.41) is 3.48. The summed E-state index contributed by atoms with van der Waals surface area (Å²) in [4.78, 5) is 0. The summed E-state index contributed by atoms with van der Waals surface area (Å²) in [6.07, 6.45) is 0.939. The Balaban J connectivity index is 2.10. The average molecular weight is 287 g/mol. The van der Waals surface area contributed by atoms with E-state index in [9.17, 15) is 4.39 Å². The van der Waals surface area contributed by atoms with Crippen LogP contribution >= 0.6 is 0 Å². The molecule has 2 nitrogen and oxygen atoms in total. The first-order valence-corrected chi connectivity index (χ1v) is 7.27. The van der Waals surface area contributed by atoms with Crippen LogP contribution in [0.2, 0.25) is 0 Å². The first-order valence-electron chi connectivity index (χ1n) is 7.27. The molecule has 1 unspecified atom stereocenters. The first-order chi connectivity index (χ1) is 10.2. The maximum Gasteiger partial charge on any atom is 0.126 e. The maximum atomic E-state index is 13.6. The second-order valence-corrected chi connectivity index (χ2v) is 5.17. The fourth-order valence-corrected chi connectivity index (χ4v) is 2.42. The van der Waals surface area contributed by atoms with Gasteiger partial charge in [-0.15, -0.1) is 0 Å². The van der Waals surface area contributed by atoms with Gasteiger partial charge in [0.2, 0.25) is 0 Å². The van der Waals surface area contributed by atoms with E-state index in [1.165, 1.54) is 0 Å². The van der Waals surface area contributed by atoms with Crippen LogP contribution in [0.3, 0.4) is 0 Å². The monoisotopic (exact) mass is 287 g/mol. The number of hydrogen-bond acceptors (Lipinski definition) is 2. The highest BCUT2D eigenvalue weighted by atomic mass is 19.1. The quantitative estimate of drug-likeness (QED) is 0.851. The summed E-state index contributed by atoms with van der Waals surface area (Å²) in [7, 11) is 1.68. The van der Waals surface area contributed by atoms with E-state index >= 15 is 0 Å². The minimum absolute atomic E-state index is 0.153. The van der Waals surface area contributed by atoms with E-state index < -0.39 is 0 Å². The van der Waals surface area contributed by atoms with Gasteiger partial charge in [0.05, 0.1) is 7.11 Å². The smallest absolute Gasteiger partial charge is 0.126 e. The molecule has 0 radical (unpaired) electrons. The Labute approximate surface area is 126 Å². The van der Waals surface area contributed by atoms with E-state index in [0.29, 0.717) is 12.1 Å². The number of benzene rings is 2. The van der Waals surface area contributed by atoms with Crippen molar-refractivity contribution >= 4 is 0 Å². The van der Waals surface area contributed by atoms with Crippen molar-refractivity contribution in [1.82, 2.24) is 5.32 Å². The van der Waals surface area contributed by atoms with Gasteiger partial charge >= 0.3 is 0 Å². The Morgan fingerprint density at radius 3 is 2.62 bits per heavy atom. The molecule has 1 N–H and O–H groups in total. The third-order valence-electron chi connectivity index (χ3n) is 3.71. The topological polar surface area (TPSA) is 21.3 Å². The molecule has 2 rings (SSSR count). The third kappa shape index (κ3) is 3.82. The van der Waals surface area contributed by atoms with Crippen LogP contribution in [0.5, 0.6) is 5.75 Å². The third-order valence-corrected chi connectivity index (χ3v) is 3.71. The van der Waals surface area contributed by atoms with Crippen molar-refractivity contribution in [2.24, 2.45) is 0 Å². The van der Waals surface area contributed by atoms with Gasteiger partial charge in [-0.1, -0.05) is 37.3 Å². The van der Waals surface area contributed by atoms with E-state index in [2.05, 4.69) is 18.3 Å². The molecule has 0 aliphatic heterocycles. The second kappa shape index (κ2) is 7.23. The molecule has 0 fully saturated rings. The summed E-state index contributed by atoms with van der Waals surface area (Å²) >= 11 is 0. The van der Waals surface area contributed by atoms with Gasteiger partial charge in [-0.2, -0.15) is 0 Å². The highest BCUT2D eigenvalue weighted by Gasteiger charge is 2.13. The van der Waals surface area contributed by atoms with E-state index in [4.69, 9.17) is 4.74 Å². The fraction of sp³-hybridized carbons (Fsp3) is 0.333. The molecule has 0 aromatic heterocycles. The number of aryl methyl sites for hydroxylation is 1. The molecule has 0 bridgehead atoms. The van der Waals surface area contributed by atoms with Gasteiger partial charge in [-0.3, -0.25) is 0 Å². The summed E-state index contributed by atoms with van der Waals surface area (Å²) in [6.45, 7) is 4.53. The highest BCUT2D eigenvalue weighted by molar-refractivity contribution is 5.36. The predicted octanol–water partition coefficient (Wildman–Crippen LogP) is 4.38.